The van der Waals surface area contributed by atoms with Crippen LogP contribution in [0.5, 0.6) is 0 Å². The first-order valence-electron chi connectivity index (χ1n) is 7.81. The number of hydrogen-bond donors (Lipinski definition) is 1. The van der Waals surface area contributed by atoms with E-state index in [0.29, 0.717) is 0 Å². The Labute approximate surface area is 123 Å². The molecule has 0 aromatic carbocycles. The van der Waals surface area contributed by atoms with E-state index in [2.05, 4.69) is 55.9 Å². The Morgan fingerprint density at radius 1 is 1.25 bits per heavy atom. The number of nitrogens with one attached hydrogen (secondary N) is 1. The van der Waals surface area contributed by atoms with Crippen LogP contribution in [0.15, 0.2) is 18.5 Å². The van der Waals surface area contributed by atoms with E-state index in [9.17, 15) is 0 Å². The van der Waals surface area contributed by atoms with Gasteiger partial charge in [0.15, 0.2) is 0 Å². The Hall–Kier alpha value is -0.930. The minimum absolute atomic E-state index is 0.186. The van der Waals surface area contributed by atoms with Gasteiger partial charge in [-0.1, -0.05) is 19.9 Å². The number of hydrogen-bond acceptors (Lipinski definition) is 3. The molecule has 0 radical (unpaired) electrons. The maximum Gasteiger partial charge on any atom is 0.0333 e. The largest absolute Gasteiger partial charge is 0.309 e. The SMILES string of the molecule is CCC1(CC)CNC(C)(C)CN1Cc1cncc(C)c1. The second kappa shape index (κ2) is 5.82. The van der Waals surface area contributed by atoms with Crippen LogP contribution < -0.4 is 5.32 Å². The van der Waals surface area contributed by atoms with Crippen LogP contribution in [0.3, 0.4) is 0 Å². The molecule has 1 aliphatic rings. The second-order valence-electron chi connectivity index (χ2n) is 6.90. The van der Waals surface area contributed by atoms with Crippen LogP contribution in [0.4, 0.5) is 0 Å². The predicted octanol–water partition coefficient (Wildman–Crippen LogP) is 3.13. The molecule has 1 N–H and O–H groups in total. The van der Waals surface area contributed by atoms with E-state index in [1.165, 1.54) is 24.0 Å². The predicted molar refractivity (Wildman–Crippen MR) is 84.8 cm³/mol. The fraction of sp³-hybridized carbons (Fsp3) is 0.706. The first-order chi connectivity index (χ1) is 9.41. The Morgan fingerprint density at radius 3 is 2.55 bits per heavy atom. The molecule has 3 nitrogen and oxygen atoms in total. The van der Waals surface area contributed by atoms with Gasteiger partial charge in [0.2, 0.25) is 0 Å². The number of rotatable bonds is 4. The Morgan fingerprint density at radius 2 is 1.95 bits per heavy atom. The molecular weight excluding hydrogens is 246 g/mol. The van der Waals surface area contributed by atoms with Gasteiger partial charge < -0.3 is 5.32 Å². The van der Waals surface area contributed by atoms with Crippen LogP contribution in [0.25, 0.3) is 0 Å². The lowest BCUT2D eigenvalue weighted by atomic mass is 9.84. The van der Waals surface area contributed by atoms with Crippen molar-refractivity contribution < 1.29 is 0 Å². The van der Waals surface area contributed by atoms with Crippen LogP contribution >= 0.6 is 0 Å². The Kier molecular flexibility index (Phi) is 4.50. The molecule has 1 aromatic rings. The van der Waals surface area contributed by atoms with Crippen LogP contribution in [-0.2, 0) is 6.54 Å². The van der Waals surface area contributed by atoms with Crippen molar-refractivity contribution in [2.75, 3.05) is 13.1 Å². The summed E-state index contributed by atoms with van der Waals surface area (Å²) in [6.07, 6.45) is 6.31. The van der Waals surface area contributed by atoms with Gasteiger partial charge in [0.1, 0.15) is 0 Å². The van der Waals surface area contributed by atoms with E-state index >= 15 is 0 Å². The highest BCUT2D eigenvalue weighted by molar-refractivity contribution is 5.17. The fourth-order valence-corrected chi connectivity index (χ4v) is 3.31. The standard InChI is InChI=1S/C17H29N3/c1-6-17(7-2)12-19-16(4,5)13-20(17)11-15-8-14(3)9-18-10-15/h8-10,19H,6-7,11-13H2,1-5H3. The lowest BCUT2D eigenvalue weighted by Gasteiger charge is -2.52. The van der Waals surface area contributed by atoms with Gasteiger partial charge in [-0.05, 0) is 44.7 Å². The molecule has 112 valence electrons. The number of piperazine rings is 1. The molecule has 1 fully saturated rings. The molecule has 20 heavy (non-hydrogen) atoms. The van der Waals surface area contributed by atoms with E-state index in [1.54, 1.807) is 0 Å². The molecule has 2 rings (SSSR count). The van der Waals surface area contributed by atoms with E-state index in [4.69, 9.17) is 0 Å². The smallest absolute Gasteiger partial charge is 0.0333 e. The van der Waals surface area contributed by atoms with Crippen molar-refractivity contribution in [1.29, 1.82) is 0 Å². The summed E-state index contributed by atoms with van der Waals surface area (Å²) in [6.45, 7) is 14.5. The van der Waals surface area contributed by atoms with E-state index in [1.807, 2.05) is 12.4 Å². The van der Waals surface area contributed by atoms with Crippen molar-refractivity contribution in [3.05, 3.63) is 29.6 Å². The van der Waals surface area contributed by atoms with Crippen molar-refractivity contribution in [3.8, 4) is 0 Å². The number of aryl methyl sites for hydroxylation is 1. The average molecular weight is 275 g/mol. The molecule has 0 bridgehead atoms. The van der Waals surface area contributed by atoms with Gasteiger partial charge in [-0.3, -0.25) is 9.88 Å². The van der Waals surface area contributed by atoms with Crippen molar-refractivity contribution in [3.63, 3.8) is 0 Å². The molecule has 0 spiro atoms. The number of nitrogens with zero attached hydrogens (tertiary/aromatic N) is 2. The summed E-state index contributed by atoms with van der Waals surface area (Å²) in [4.78, 5) is 7.01. The molecule has 1 aliphatic heterocycles. The molecule has 1 saturated heterocycles. The Balaban J connectivity index is 2.23. The fourth-order valence-electron chi connectivity index (χ4n) is 3.31. The summed E-state index contributed by atoms with van der Waals surface area (Å²) in [5.41, 5.74) is 3.04. The molecule has 2 heterocycles. The van der Waals surface area contributed by atoms with Gasteiger partial charge in [-0.25, -0.2) is 0 Å². The van der Waals surface area contributed by atoms with Crippen molar-refractivity contribution in [2.45, 2.75) is 65.1 Å². The Bertz CT molecular complexity index is 449. The molecule has 0 amide bonds. The maximum atomic E-state index is 4.34. The number of pyridine rings is 1. The topological polar surface area (TPSA) is 28.2 Å². The maximum absolute atomic E-state index is 4.34. The monoisotopic (exact) mass is 275 g/mol. The van der Waals surface area contributed by atoms with Crippen LogP contribution in [-0.4, -0.2) is 34.1 Å². The van der Waals surface area contributed by atoms with Crippen LogP contribution in [0.1, 0.15) is 51.7 Å². The van der Waals surface area contributed by atoms with Gasteiger partial charge in [-0.15, -0.1) is 0 Å². The lowest BCUT2D eigenvalue weighted by Crippen LogP contribution is -2.67. The van der Waals surface area contributed by atoms with Gasteiger partial charge >= 0.3 is 0 Å². The van der Waals surface area contributed by atoms with Crippen molar-refractivity contribution in [1.82, 2.24) is 15.2 Å². The van der Waals surface area contributed by atoms with E-state index in [-0.39, 0.29) is 11.1 Å². The summed E-state index contributed by atoms with van der Waals surface area (Å²) in [6, 6.07) is 2.26. The van der Waals surface area contributed by atoms with Crippen LogP contribution in [0, 0.1) is 6.92 Å². The molecular formula is C17H29N3. The zero-order valence-electron chi connectivity index (χ0n) is 13.7. The summed E-state index contributed by atoms with van der Waals surface area (Å²) >= 11 is 0. The summed E-state index contributed by atoms with van der Waals surface area (Å²) in [7, 11) is 0. The number of aromatic nitrogens is 1. The van der Waals surface area contributed by atoms with E-state index < -0.39 is 0 Å². The molecule has 0 unspecified atom stereocenters. The molecule has 0 saturated carbocycles. The van der Waals surface area contributed by atoms with Crippen LogP contribution in [0.2, 0.25) is 0 Å². The highest BCUT2D eigenvalue weighted by Gasteiger charge is 2.41. The third-order valence-electron chi connectivity index (χ3n) is 4.77. The van der Waals surface area contributed by atoms with Crippen molar-refractivity contribution >= 4 is 0 Å². The second-order valence-corrected chi connectivity index (χ2v) is 6.90. The highest BCUT2D eigenvalue weighted by atomic mass is 15.3. The first-order valence-corrected chi connectivity index (χ1v) is 7.81. The molecule has 3 heteroatoms. The quantitative estimate of drug-likeness (QED) is 0.915. The summed E-state index contributed by atoms with van der Waals surface area (Å²) in [5, 5.41) is 3.72. The summed E-state index contributed by atoms with van der Waals surface area (Å²) < 4.78 is 0. The highest BCUT2D eigenvalue weighted by Crippen LogP contribution is 2.31. The third-order valence-corrected chi connectivity index (χ3v) is 4.77. The zero-order chi connectivity index (χ0) is 14.8. The van der Waals surface area contributed by atoms with Gasteiger partial charge in [0.05, 0.1) is 0 Å². The summed E-state index contributed by atoms with van der Waals surface area (Å²) in [5.74, 6) is 0. The average Bonchev–Trinajstić information content (AvgIpc) is 2.39. The lowest BCUT2D eigenvalue weighted by molar-refractivity contribution is 0.00226. The minimum Gasteiger partial charge on any atom is -0.309 e. The molecule has 1 aromatic heterocycles. The molecule has 0 aliphatic carbocycles. The van der Waals surface area contributed by atoms with Gasteiger partial charge in [0.25, 0.3) is 0 Å². The third kappa shape index (κ3) is 3.21. The molecule has 0 atom stereocenters. The zero-order valence-corrected chi connectivity index (χ0v) is 13.7. The van der Waals surface area contributed by atoms with Crippen molar-refractivity contribution in [2.24, 2.45) is 0 Å². The normalized spacial score (nSPS) is 21.9. The van der Waals surface area contributed by atoms with Gasteiger partial charge in [-0.2, -0.15) is 0 Å². The van der Waals surface area contributed by atoms with E-state index in [0.717, 1.165) is 19.6 Å². The van der Waals surface area contributed by atoms with Gasteiger partial charge in [0, 0.05) is 43.1 Å². The first kappa shape index (κ1) is 15.5. The minimum atomic E-state index is 0.186.